The molecule has 1 N–H and O–H groups in total. The molecule has 0 aliphatic rings. The molecule has 0 aliphatic heterocycles. The Morgan fingerprint density at radius 3 is 2.23 bits per heavy atom. The maximum Gasteiger partial charge on any atom is 0.243 e. The number of aromatic nitrogens is 1. The largest absolute Gasteiger partial charge is 0.370 e. The molecule has 1 aromatic heterocycles. The van der Waals surface area contributed by atoms with Crippen LogP contribution in [0.3, 0.4) is 0 Å². The number of rotatable bonds is 11. The summed E-state index contributed by atoms with van der Waals surface area (Å²) in [5.41, 5.74) is 3.01. The third kappa shape index (κ3) is 5.65. The van der Waals surface area contributed by atoms with Crippen LogP contribution in [0.2, 0.25) is 0 Å². The van der Waals surface area contributed by atoms with E-state index in [-0.39, 0.29) is 17.2 Å². The normalized spacial score (nSPS) is 11.7. The molecule has 8 nitrogen and oxygen atoms in total. The van der Waals surface area contributed by atoms with Crippen molar-refractivity contribution >= 4 is 27.3 Å². The highest BCUT2D eigenvalue weighted by atomic mass is 32.2. The molecule has 2 rings (SSSR count). The average Bonchev–Trinajstić information content (AvgIpc) is 3.06. The monoisotopic (exact) mass is 450 g/mol. The number of nitrogens with one attached hydrogen (secondary N) is 1. The lowest BCUT2D eigenvalue weighted by molar-refractivity contribution is -0.116. The number of aryl methyl sites for hydroxylation is 2. The Kier molecular flexibility index (Phi) is 8.64. The van der Waals surface area contributed by atoms with E-state index in [0.717, 1.165) is 30.0 Å². The summed E-state index contributed by atoms with van der Waals surface area (Å²) in [6.07, 6.45) is 0.749. The number of anilines is 2. The first kappa shape index (κ1) is 24.9. The zero-order chi connectivity index (χ0) is 23.2. The molecular weight excluding hydrogens is 416 g/mol. The van der Waals surface area contributed by atoms with Crippen LogP contribution in [0, 0.1) is 13.8 Å². The van der Waals surface area contributed by atoms with Gasteiger partial charge in [0.1, 0.15) is 5.76 Å². The van der Waals surface area contributed by atoms with Gasteiger partial charge in [0.15, 0.2) is 0 Å². The van der Waals surface area contributed by atoms with Gasteiger partial charge in [-0.3, -0.25) is 4.79 Å². The lowest BCUT2D eigenvalue weighted by atomic mass is 10.1. The smallest absolute Gasteiger partial charge is 0.243 e. The van der Waals surface area contributed by atoms with Gasteiger partial charge in [0, 0.05) is 38.2 Å². The Hall–Kier alpha value is -2.39. The van der Waals surface area contributed by atoms with E-state index in [2.05, 4.69) is 15.4 Å². The van der Waals surface area contributed by atoms with Crippen LogP contribution in [0.5, 0.6) is 0 Å². The molecule has 0 aliphatic carbocycles. The molecular formula is C22H34N4O4S. The zero-order valence-corrected chi connectivity index (χ0v) is 20.2. The summed E-state index contributed by atoms with van der Waals surface area (Å²) < 4.78 is 32.5. The van der Waals surface area contributed by atoms with Gasteiger partial charge in [-0.15, -0.1) is 0 Å². The number of nitrogens with zero attached hydrogens (tertiary/aromatic N) is 3. The second kappa shape index (κ2) is 10.8. The molecule has 0 unspecified atom stereocenters. The minimum Gasteiger partial charge on any atom is -0.370 e. The Morgan fingerprint density at radius 1 is 1.06 bits per heavy atom. The van der Waals surface area contributed by atoms with Crippen molar-refractivity contribution in [3.05, 3.63) is 35.2 Å². The van der Waals surface area contributed by atoms with Gasteiger partial charge >= 0.3 is 0 Å². The second-order valence-electron chi connectivity index (χ2n) is 7.29. The fourth-order valence-corrected chi connectivity index (χ4v) is 5.12. The van der Waals surface area contributed by atoms with Crippen LogP contribution in [-0.2, 0) is 21.2 Å². The van der Waals surface area contributed by atoms with Gasteiger partial charge in [0.25, 0.3) is 0 Å². The van der Waals surface area contributed by atoms with E-state index < -0.39 is 10.0 Å². The maximum absolute atomic E-state index is 13.0. The van der Waals surface area contributed by atoms with E-state index in [9.17, 15) is 13.2 Å². The molecule has 0 saturated carbocycles. The van der Waals surface area contributed by atoms with Crippen LogP contribution in [-0.4, -0.2) is 50.0 Å². The number of sulfonamides is 1. The summed E-state index contributed by atoms with van der Waals surface area (Å²) in [6, 6.07) is 4.95. The van der Waals surface area contributed by atoms with E-state index in [4.69, 9.17) is 4.52 Å². The molecule has 1 heterocycles. The first-order valence-corrected chi connectivity index (χ1v) is 12.2. The zero-order valence-electron chi connectivity index (χ0n) is 19.4. The predicted octanol–water partition coefficient (Wildman–Crippen LogP) is 3.74. The molecule has 2 aromatic rings. The number of hydrogen-bond acceptors (Lipinski definition) is 6. The summed E-state index contributed by atoms with van der Waals surface area (Å²) in [5, 5.41) is 6.86. The summed E-state index contributed by atoms with van der Waals surface area (Å²) >= 11 is 0. The molecule has 0 spiro atoms. The average molecular weight is 451 g/mol. The number of hydrogen-bond donors (Lipinski definition) is 1. The quantitative estimate of drug-likeness (QED) is 0.560. The molecule has 1 amide bonds. The van der Waals surface area contributed by atoms with E-state index in [1.807, 2.05) is 41.5 Å². The lowest BCUT2D eigenvalue weighted by Crippen LogP contribution is -2.31. The van der Waals surface area contributed by atoms with Gasteiger partial charge in [0.05, 0.1) is 22.0 Å². The fourth-order valence-electron chi connectivity index (χ4n) is 3.64. The molecule has 31 heavy (non-hydrogen) atoms. The number of carbonyl (C=O) groups excluding carboxylic acids is 1. The molecule has 0 bridgehead atoms. The highest BCUT2D eigenvalue weighted by Gasteiger charge is 2.24. The van der Waals surface area contributed by atoms with E-state index in [0.29, 0.717) is 31.0 Å². The van der Waals surface area contributed by atoms with Crippen LogP contribution in [0.4, 0.5) is 11.4 Å². The first-order valence-electron chi connectivity index (χ1n) is 10.8. The third-order valence-electron chi connectivity index (χ3n) is 5.47. The summed E-state index contributed by atoms with van der Waals surface area (Å²) in [5.74, 6) is 0.521. The Labute approximate surface area is 185 Å². The number of carbonyl (C=O) groups is 1. The van der Waals surface area contributed by atoms with Crippen molar-refractivity contribution in [3.8, 4) is 0 Å². The SMILES string of the molecule is CCN(CC)c1ccc(S(=O)(=O)N(CC)CC)cc1NC(=O)CCc1c(C)noc1C. The molecule has 0 atom stereocenters. The van der Waals surface area contributed by atoms with Crippen molar-refractivity contribution in [1.82, 2.24) is 9.46 Å². The van der Waals surface area contributed by atoms with E-state index in [1.54, 1.807) is 18.2 Å². The van der Waals surface area contributed by atoms with Crippen molar-refractivity contribution in [3.63, 3.8) is 0 Å². The van der Waals surface area contributed by atoms with Crippen LogP contribution in [0.25, 0.3) is 0 Å². The Morgan fingerprint density at radius 2 is 1.71 bits per heavy atom. The maximum atomic E-state index is 13.0. The van der Waals surface area contributed by atoms with Gasteiger partial charge in [0.2, 0.25) is 15.9 Å². The van der Waals surface area contributed by atoms with Gasteiger partial charge < -0.3 is 14.7 Å². The van der Waals surface area contributed by atoms with Crippen molar-refractivity contribution < 1.29 is 17.7 Å². The second-order valence-corrected chi connectivity index (χ2v) is 9.23. The van der Waals surface area contributed by atoms with Crippen LogP contribution in [0.1, 0.15) is 51.1 Å². The van der Waals surface area contributed by atoms with E-state index >= 15 is 0 Å². The topological polar surface area (TPSA) is 95.8 Å². The van der Waals surface area contributed by atoms with Gasteiger partial charge in [-0.2, -0.15) is 4.31 Å². The van der Waals surface area contributed by atoms with Crippen molar-refractivity contribution in [2.75, 3.05) is 36.4 Å². The van der Waals surface area contributed by atoms with Crippen LogP contribution in [0.15, 0.2) is 27.6 Å². The van der Waals surface area contributed by atoms with Crippen LogP contribution >= 0.6 is 0 Å². The Bertz CT molecular complexity index is 973. The lowest BCUT2D eigenvalue weighted by Gasteiger charge is -2.26. The molecule has 0 radical (unpaired) electrons. The van der Waals surface area contributed by atoms with Gasteiger partial charge in [-0.25, -0.2) is 8.42 Å². The standard InChI is InChI=1S/C22H34N4O4S/c1-7-25(8-2)21-13-11-18(31(28,29)26(9-3)10-4)15-20(21)23-22(27)14-12-19-16(5)24-30-17(19)6/h11,13,15H,7-10,12,14H2,1-6H3,(H,23,27). The molecule has 0 fully saturated rings. The van der Waals surface area contributed by atoms with E-state index in [1.165, 1.54) is 4.31 Å². The number of benzene rings is 1. The van der Waals surface area contributed by atoms with Crippen molar-refractivity contribution in [1.29, 1.82) is 0 Å². The molecule has 1 aromatic carbocycles. The summed E-state index contributed by atoms with van der Waals surface area (Å²) in [4.78, 5) is 15.0. The Balaban J connectivity index is 2.34. The van der Waals surface area contributed by atoms with Crippen molar-refractivity contribution in [2.24, 2.45) is 0 Å². The predicted molar refractivity (Wildman–Crippen MR) is 123 cm³/mol. The van der Waals surface area contributed by atoms with Gasteiger partial charge in [-0.05, 0) is 52.3 Å². The summed E-state index contributed by atoms with van der Waals surface area (Å²) in [6.45, 7) is 13.6. The third-order valence-corrected chi connectivity index (χ3v) is 7.52. The molecule has 9 heteroatoms. The number of amides is 1. The minimum absolute atomic E-state index is 0.174. The fraction of sp³-hybridized carbons (Fsp3) is 0.545. The highest BCUT2D eigenvalue weighted by molar-refractivity contribution is 7.89. The summed E-state index contributed by atoms with van der Waals surface area (Å²) in [7, 11) is -3.63. The molecule has 0 saturated heterocycles. The van der Waals surface area contributed by atoms with Crippen molar-refractivity contribution in [2.45, 2.75) is 59.3 Å². The molecule has 172 valence electrons. The highest BCUT2D eigenvalue weighted by Crippen LogP contribution is 2.30. The first-order chi connectivity index (χ1) is 14.7. The minimum atomic E-state index is -3.63. The van der Waals surface area contributed by atoms with Crippen LogP contribution < -0.4 is 10.2 Å². The van der Waals surface area contributed by atoms with Gasteiger partial charge in [-0.1, -0.05) is 19.0 Å².